The van der Waals surface area contributed by atoms with E-state index in [0.29, 0.717) is 6.54 Å². The molecule has 8 heteroatoms. The number of aliphatic hydroxyl groups is 2. The van der Waals surface area contributed by atoms with Gasteiger partial charge in [-0.3, -0.25) is 14.1 Å². The maximum absolute atomic E-state index is 9.33. The Morgan fingerprint density at radius 2 is 1.26 bits per heavy atom. The second kappa shape index (κ2) is 15.3. The maximum atomic E-state index is 9.33. The van der Waals surface area contributed by atoms with Gasteiger partial charge in [0, 0.05) is 13.5 Å². The van der Waals surface area contributed by atoms with Crippen LogP contribution in [-0.2, 0) is 14.6 Å². The van der Waals surface area contributed by atoms with Gasteiger partial charge in [0.25, 0.3) is 0 Å². The Kier molecular flexibility index (Phi) is 16.6. The molecule has 23 heavy (non-hydrogen) atoms. The minimum Gasteiger partial charge on any atom is -0.354 e. The van der Waals surface area contributed by atoms with Crippen molar-refractivity contribution in [3.63, 3.8) is 0 Å². The minimum absolute atomic E-state index is 0.681. The van der Waals surface area contributed by atoms with Crippen molar-refractivity contribution in [3.05, 3.63) is 0 Å². The van der Waals surface area contributed by atoms with Gasteiger partial charge in [-0.2, -0.15) is 8.42 Å². The molecule has 0 fully saturated rings. The standard InChI is InChI=1S/C14H31NO2.CH4O4S/c1-3-4-5-6-7-8-9-10-11-12-13-15-14(2,16)17;1-5-6(2,3)4/h15-17H,3-13H2,1-2H3;1H3,(H,2,3,4). The molecule has 0 spiro atoms. The number of hydrogen-bond donors (Lipinski definition) is 4. The zero-order valence-corrected chi connectivity index (χ0v) is 15.6. The van der Waals surface area contributed by atoms with Crippen LogP contribution in [0, 0.1) is 0 Å². The van der Waals surface area contributed by atoms with E-state index in [0.717, 1.165) is 13.5 Å². The van der Waals surface area contributed by atoms with Crippen LogP contribution in [0.1, 0.15) is 78.1 Å². The fourth-order valence-corrected chi connectivity index (χ4v) is 1.94. The van der Waals surface area contributed by atoms with Crippen LogP contribution < -0.4 is 5.32 Å². The number of nitrogens with one attached hydrogen (secondary N) is 1. The zero-order valence-electron chi connectivity index (χ0n) is 14.8. The van der Waals surface area contributed by atoms with Gasteiger partial charge < -0.3 is 10.2 Å². The first-order valence-electron chi connectivity index (χ1n) is 8.35. The molecule has 0 amide bonds. The molecule has 7 nitrogen and oxygen atoms in total. The van der Waals surface area contributed by atoms with Gasteiger partial charge >= 0.3 is 10.4 Å². The van der Waals surface area contributed by atoms with Gasteiger partial charge in [0.15, 0.2) is 0 Å². The van der Waals surface area contributed by atoms with Crippen molar-refractivity contribution in [3.8, 4) is 0 Å². The van der Waals surface area contributed by atoms with Crippen LogP contribution in [0.2, 0.25) is 0 Å². The number of unbranched alkanes of at least 4 members (excludes halogenated alkanes) is 9. The van der Waals surface area contributed by atoms with Gasteiger partial charge in [0.2, 0.25) is 5.91 Å². The normalized spacial score (nSPS) is 11.9. The lowest BCUT2D eigenvalue weighted by Gasteiger charge is -2.17. The van der Waals surface area contributed by atoms with Crippen LogP contribution >= 0.6 is 0 Å². The van der Waals surface area contributed by atoms with Crippen LogP contribution in [0.5, 0.6) is 0 Å². The molecule has 0 saturated carbocycles. The van der Waals surface area contributed by atoms with E-state index in [-0.39, 0.29) is 0 Å². The summed E-state index contributed by atoms with van der Waals surface area (Å²) < 4.78 is 29.7. The predicted octanol–water partition coefficient (Wildman–Crippen LogP) is 2.59. The van der Waals surface area contributed by atoms with E-state index in [4.69, 9.17) is 14.8 Å². The lowest BCUT2D eigenvalue weighted by Crippen LogP contribution is -2.42. The molecule has 0 aliphatic carbocycles. The highest BCUT2D eigenvalue weighted by Gasteiger charge is 2.11. The van der Waals surface area contributed by atoms with E-state index in [2.05, 4.69) is 16.4 Å². The third kappa shape index (κ3) is 30.2. The zero-order chi connectivity index (χ0) is 18.2. The summed E-state index contributed by atoms with van der Waals surface area (Å²) in [5.41, 5.74) is 0. The maximum Gasteiger partial charge on any atom is 0.397 e. The molecule has 0 bridgehead atoms. The van der Waals surface area contributed by atoms with E-state index in [1.165, 1.54) is 64.7 Å². The molecule has 0 aromatic rings. The topological polar surface area (TPSA) is 116 Å². The van der Waals surface area contributed by atoms with Crippen molar-refractivity contribution < 1.29 is 27.4 Å². The summed E-state index contributed by atoms with van der Waals surface area (Å²) in [6.07, 6.45) is 13.0. The highest BCUT2D eigenvalue weighted by atomic mass is 32.3. The second-order valence-electron chi connectivity index (χ2n) is 5.72. The van der Waals surface area contributed by atoms with Crippen LogP contribution in [0.4, 0.5) is 0 Å². The van der Waals surface area contributed by atoms with Crippen molar-refractivity contribution in [1.29, 1.82) is 0 Å². The minimum atomic E-state index is -4.16. The summed E-state index contributed by atoms with van der Waals surface area (Å²) in [4.78, 5) is 0. The van der Waals surface area contributed by atoms with E-state index < -0.39 is 16.3 Å². The molecule has 0 rings (SSSR count). The largest absolute Gasteiger partial charge is 0.397 e. The van der Waals surface area contributed by atoms with Crippen molar-refractivity contribution in [2.45, 2.75) is 84.0 Å². The fourth-order valence-electron chi connectivity index (χ4n) is 1.94. The fraction of sp³-hybridized carbons (Fsp3) is 1.00. The average Bonchev–Trinajstić information content (AvgIpc) is 2.43. The van der Waals surface area contributed by atoms with Gasteiger partial charge in [0.05, 0.1) is 7.11 Å². The van der Waals surface area contributed by atoms with E-state index in [1.807, 2.05) is 0 Å². The van der Waals surface area contributed by atoms with E-state index in [1.54, 1.807) is 0 Å². The molecular formula is C15H35NO6S. The molecule has 0 unspecified atom stereocenters. The molecule has 0 aliphatic rings. The predicted molar refractivity (Wildman–Crippen MR) is 91.2 cm³/mol. The molecule has 0 radical (unpaired) electrons. The molecule has 0 atom stereocenters. The van der Waals surface area contributed by atoms with Crippen LogP contribution in [-0.4, -0.2) is 42.7 Å². The van der Waals surface area contributed by atoms with Crippen molar-refractivity contribution >= 4 is 10.4 Å². The first kappa shape index (κ1) is 25.0. The lowest BCUT2D eigenvalue weighted by molar-refractivity contribution is -0.169. The Morgan fingerprint density at radius 3 is 1.57 bits per heavy atom. The third-order valence-electron chi connectivity index (χ3n) is 3.20. The van der Waals surface area contributed by atoms with Gasteiger partial charge in [-0.15, -0.1) is 0 Å². The van der Waals surface area contributed by atoms with E-state index >= 15 is 0 Å². The molecule has 4 N–H and O–H groups in total. The summed E-state index contributed by atoms with van der Waals surface area (Å²) in [6, 6.07) is 0. The van der Waals surface area contributed by atoms with Gasteiger partial charge in [-0.25, -0.2) is 0 Å². The summed E-state index contributed by atoms with van der Waals surface area (Å²) in [5, 5.41) is 20.7. The average molecular weight is 358 g/mol. The summed E-state index contributed by atoms with van der Waals surface area (Å²) >= 11 is 0. The second-order valence-corrected chi connectivity index (χ2v) is 6.91. The smallest absolute Gasteiger partial charge is 0.354 e. The number of hydrogen-bond acceptors (Lipinski definition) is 6. The Labute approximate surface area is 141 Å². The molecule has 0 aliphatic heterocycles. The van der Waals surface area contributed by atoms with E-state index in [9.17, 15) is 8.42 Å². The molecule has 142 valence electrons. The molecule has 0 saturated heterocycles. The molecule has 0 aromatic heterocycles. The van der Waals surface area contributed by atoms with Gasteiger partial charge in [-0.05, 0) is 6.42 Å². The lowest BCUT2D eigenvalue weighted by atomic mass is 10.1. The SMILES string of the molecule is CCCCCCCCCCCCNC(C)(O)O.COS(=O)(=O)O. The first-order valence-corrected chi connectivity index (χ1v) is 9.71. The first-order chi connectivity index (χ1) is 10.6. The highest BCUT2D eigenvalue weighted by Crippen LogP contribution is 2.10. The molecule has 0 aromatic carbocycles. The Hall–Kier alpha value is -0.250. The van der Waals surface area contributed by atoms with Gasteiger partial charge in [-0.1, -0.05) is 64.7 Å². The Bertz CT molecular complexity index is 340. The Balaban J connectivity index is 0. The monoisotopic (exact) mass is 357 g/mol. The van der Waals surface area contributed by atoms with Crippen molar-refractivity contribution in [1.82, 2.24) is 5.32 Å². The van der Waals surface area contributed by atoms with Crippen molar-refractivity contribution in [2.75, 3.05) is 13.7 Å². The third-order valence-corrected chi connectivity index (χ3v) is 3.62. The van der Waals surface area contributed by atoms with Crippen molar-refractivity contribution in [2.24, 2.45) is 0 Å². The van der Waals surface area contributed by atoms with Crippen LogP contribution in [0.25, 0.3) is 0 Å². The summed E-state index contributed by atoms with van der Waals surface area (Å²) in [6.45, 7) is 4.28. The number of rotatable bonds is 13. The highest BCUT2D eigenvalue weighted by molar-refractivity contribution is 7.80. The van der Waals surface area contributed by atoms with Crippen LogP contribution in [0.15, 0.2) is 0 Å². The summed E-state index contributed by atoms with van der Waals surface area (Å²) in [7, 11) is -3.29. The van der Waals surface area contributed by atoms with Gasteiger partial charge in [0.1, 0.15) is 0 Å². The summed E-state index contributed by atoms with van der Waals surface area (Å²) in [5.74, 6) is -1.71. The molecule has 0 heterocycles. The quantitative estimate of drug-likeness (QED) is 0.227. The van der Waals surface area contributed by atoms with Crippen LogP contribution in [0.3, 0.4) is 0 Å². The Morgan fingerprint density at radius 1 is 0.913 bits per heavy atom. The molecular weight excluding hydrogens is 322 g/mol.